The van der Waals surface area contributed by atoms with Crippen molar-refractivity contribution >= 4 is 22.8 Å². The minimum atomic E-state index is -0.385. The van der Waals surface area contributed by atoms with Crippen LogP contribution in [0.1, 0.15) is 17.5 Å². The zero-order chi connectivity index (χ0) is 16.4. The molecule has 1 aromatic heterocycles. The number of hydrogen-bond acceptors (Lipinski definition) is 4. The highest BCUT2D eigenvalue weighted by Gasteiger charge is 2.23. The molecule has 4 rings (SSSR count). The Balaban J connectivity index is 1.55. The average Bonchev–Trinajstić information content (AvgIpc) is 3.09. The zero-order valence-corrected chi connectivity index (χ0v) is 12.9. The summed E-state index contributed by atoms with van der Waals surface area (Å²) in [6, 6.07) is 19.2. The molecule has 0 aliphatic carbocycles. The van der Waals surface area contributed by atoms with E-state index in [2.05, 4.69) is 5.16 Å². The molecule has 0 N–H and O–H groups in total. The van der Waals surface area contributed by atoms with E-state index in [9.17, 15) is 4.79 Å². The summed E-state index contributed by atoms with van der Waals surface area (Å²) in [5, 5.41) is 4.95. The van der Waals surface area contributed by atoms with Crippen LogP contribution < -0.4 is 5.63 Å². The van der Waals surface area contributed by atoms with Gasteiger partial charge in [0.1, 0.15) is 5.58 Å². The molecule has 1 aliphatic rings. The van der Waals surface area contributed by atoms with E-state index in [-0.39, 0.29) is 11.7 Å². The first-order chi connectivity index (χ1) is 11.8. The van der Waals surface area contributed by atoms with Gasteiger partial charge >= 0.3 is 5.63 Å². The Morgan fingerprint density at radius 2 is 1.83 bits per heavy atom. The molecule has 1 aliphatic heterocycles. The highest BCUT2D eigenvalue weighted by Crippen LogP contribution is 2.20. The summed E-state index contributed by atoms with van der Waals surface area (Å²) in [4.78, 5) is 17.6. The maximum Gasteiger partial charge on any atom is 0.345 e. The van der Waals surface area contributed by atoms with Crippen molar-refractivity contribution in [2.45, 2.75) is 12.5 Å². The number of oxime groups is 1. The molecule has 2 aromatic carbocycles. The minimum absolute atomic E-state index is 0.175. The standard InChI is InChI=1S/C20H15NO3/c22-20-17(12-15-8-4-5-9-19(15)23-20)18-13-16(24-21-18)11-10-14-6-2-1-3-7-14/h1-12,16H,13H2/b11-10+/t16-/m1/s1. The topological polar surface area (TPSA) is 51.8 Å². The molecule has 4 nitrogen and oxygen atoms in total. The first-order valence-corrected chi connectivity index (χ1v) is 7.79. The molecule has 1 atom stereocenters. The van der Waals surface area contributed by atoms with E-state index < -0.39 is 0 Å². The highest BCUT2D eigenvalue weighted by molar-refractivity contribution is 6.02. The molecule has 0 saturated carbocycles. The third-order valence-electron chi connectivity index (χ3n) is 3.95. The molecule has 0 radical (unpaired) electrons. The first kappa shape index (κ1) is 14.5. The number of fused-ring (bicyclic) bond motifs is 1. The molecule has 24 heavy (non-hydrogen) atoms. The fraction of sp³-hybridized carbons (Fsp3) is 0.100. The van der Waals surface area contributed by atoms with Crippen LogP contribution in [-0.2, 0) is 4.84 Å². The van der Waals surface area contributed by atoms with E-state index in [1.807, 2.05) is 66.7 Å². The van der Waals surface area contributed by atoms with Crippen molar-refractivity contribution in [2.75, 3.05) is 0 Å². The summed E-state index contributed by atoms with van der Waals surface area (Å²) in [6.45, 7) is 0. The SMILES string of the molecule is O=c1oc2ccccc2cc1C1=NO[C@H](/C=C/c2ccccc2)C1. The zero-order valence-electron chi connectivity index (χ0n) is 12.9. The van der Waals surface area contributed by atoms with E-state index in [4.69, 9.17) is 9.25 Å². The van der Waals surface area contributed by atoms with Gasteiger partial charge in [-0.3, -0.25) is 0 Å². The van der Waals surface area contributed by atoms with Crippen molar-refractivity contribution in [3.8, 4) is 0 Å². The maximum absolute atomic E-state index is 12.2. The van der Waals surface area contributed by atoms with Crippen molar-refractivity contribution in [2.24, 2.45) is 5.16 Å². The van der Waals surface area contributed by atoms with Crippen LogP contribution in [0.15, 0.2) is 81.1 Å². The average molecular weight is 317 g/mol. The molecule has 0 unspecified atom stereocenters. The quantitative estimate of drug-likeness (QED) is 0.686. The van der Waals surface area contributed by atoms with Gasteiger partial charge < -0.3 is 9.25 Å². The molecule has 0 saturated heterocycles. The van der Waals surface area contributed by atoms with Crippen LogP contribution in [0.5, 0.6) is 0 Å². The van der Waals surface area contributed by atoms with Crippen molar-refractivity contribution in [3.05, 3.63) is 88.3 Å². The van der Waals surface area contributed by atoms with Gasteiger partial charge in [0.05, 0.1) is 11.3 Å². The molecule has 2 heterocycles. The van der Waals surface area contributed by atoms with Gasteiger partial charge in [0.2, 0.25) is 0 Å². The van der Waals surface area contributed by atoms with Gasteiger partial charge in [-0.05, 0) is 23.8 Å². The van der Waals surface area contributed by atoms with E-state index in [1.54, 1.807) is 6.07 Å². The van der Waals surface area contributed by atoms with Crippen molar-refractivity contribution in [3.63, 3.8) is 0 Å². The summed E-state index contributed by atoms with van der Waals surface area (Å²) in [5.41, 5.74) is 2.37. The lowest BCUT2D eigenvalue weighted by Crippen LogP contribution is -2.14. The summed E-state index contributed by atoms with van der Waals surface area (Å²) < 4.78 is 5.36. The Morgan fingerprint density at radius 1 is 1.04 bits per heavy atom. The largest absolute Gasteiger partial charge is 0.422 e. The van der Waals surface area contributed by atoms with Gasteiger partial charge in [-0.1, -0.05) is 59.8 Å². The summed E-state index contributed by atoms with van der Waals surface area (Å²) >= 11 is 0. The number of rotatable bonds is 3. The lowest BCUT2D eigenvalue weighted by molar-refractivity contribution is 0.120. The summed E-state index contributed by atoms with van der Waals surface area (Å²) in [6.07, 6.45) is 4.32. The van der Waals surface area contributed by atoms with E-state index in [0.717, 1.165) is 10.9 Å². The van der Waals surface area contributed by atoms with E-state index >= 15 is 0 Å². The van der Waals surface area contributed by atoms with Crippen molar-refractivity contribution < 1.29 is 9.25 Å². The van der Waals surface area contributed by atoms with Crippen LogP contribution in [0.4, 0.5) is 0 Å². The van der Waals surface area contributed by atoms with Gasteiger partial charge in [-0.15, -0.1) is 0 Å². The number of para-hydroxylation sites is 1. The predicted octanol–water partition coefficient (Wildman–Crippen LogP) is 4.00. The molecule has 4 heteroatoms. The number of nitrogens with zero attached hydrogens (tertiary/aromatic N) is 1. The number of hydrogen-bond donors (Lipinski definition) is 0. The van der Waals surface area contributed by atoms with Gasteiger partial charge in [-0.2, -0.15) is 0 Å². The van der Waals surface area contributed by atoms with Crippen LogP contribution in [0.2, 0.25) is 0 Å². The summed E-state index contributed by atoms with van der Waals surface area (Å²) in [5.74, 6) is 0. The Kier molecular flexibility index (Phi) is 3.71. The fourth-order valence-electron chi connectivity index (χ4n) is 2.70. The predicted molar refractivity (Wildman–Crippen MR) is 94.0 cm³/mol. The molecule has 0 spiro atoms. The Hall–Kier alpha value is -3.14. The lowest BCUT2D eigenvalue weighted by Gasteiger charge is -2.02. The van der Waals surface area contributed by atoms with Gasteiger partial charge in [0, 0.05) is 11.8 Å². The first-order valence-electron chi connectivity index (χ1n) is 7.79. The second-order valence-corrected chi connectivity index (χ2v) is 5.64. The van der Waals surface area contributed by atoms with Gasteiger partial charge in [0.25, 0.3) is 0 Å². The van der Waals surface area contributed by atoms with Crippen molar-refractivity contribution in [1.82, 2.24) is 0 Å². The van der Waals surface area contributed by atoms with E-state index in [0.29, 0.717) is 23.3 Å². The molecule has 118 valence electrons. The fourth-order valence-corrected chi connectivity index (χ4v) is 2.70. The Morgan fingerprint density at radius 3 is 2.71 bits per heavy atom. The monoisotopic (exact) mass is 317 g/mol. The normalized spacial score (nSPS) is 17.2. The van der Waals surface area contributed by atoms with Gasteiger partial charge in [-0.25, -0.2) is 4.79 Å². The van der Waals surface area contributed by atoms with Crippen LogP contribution in [0, 0.1) is 0 Å². The molecule has 0 fully saturated rings. The third-order valence-corrected chi connectivity index (χ3v) is 3.95. The molecular weight excluding hydrogens is 302 g/mol. The Labute approximate surface area is 138 Å². The van der Waals surface area contributed by atoms with Crippen LogP contribution in [-0.4, -0.2) is 11.8 Å². The highest BCUT2D eigenvalue weighted by atomic mass is 16.6. The molecule has 0 amide bonds. The van der Waals surface area contributed by atoms with Crippen LogP contribution in [0.3, 0.4) is 0 Å². The smallest absolute Gasteiger partial charge is 0.345 e. The second kappa shape index (κ2) is 6.16. The molecule has 0 bridgehead atoms. The molecular formula is C20H15NO3. The van der Waals surface area contributed by atoms with E-state index in [1.165, 1.54) is 0 Å². The Bertz CT molecular complexity index is 986. The lowest BCUT2D eigenvalue weighted by atomic mass is 10.0. The number of benzene rings is 2. The van der Waals surface area contributed by atoms with Crippen LogP contribution in [0.25, 0.3) is 17.0 Å². The van der Waals surface area contributed by atoms with Gasteiger partial charge in [0.15, 0.2) is 6.10 Å². The van der Waals surface area contributed by atoms with Crippen LogP contribution >= 0.6 is 0 Å². The third kappa shape index (κ3) is 2.86. The summed E-state index contributed by atoms with van der Waals surface area (Å²) in [7, 11) is 0. The molecule has 3 aromatic rings. The minimum Gasteiger partial charge on any atom is -0.422 e. The second-order valence-electron chi connectivity index (χ2n) is 5.64. The van der Waals surface area contributed by atoms with Crippen molar-refractivity contribution in [1.29, 1.82) is 0 Å². The maximum atomic E-state index is 12.2.